The van der Waals surface area contributed by atoms with Crippen LogP contribution >= 0.6 is 0 Å². The van der Waals surface area contributed by atoms with Gasteiger partial charge in [0.25, 0.3) is 0 Å². The van der Waals surface area contributed by atoms with Gasteiger partial charge < -0.3 is 4.90 Å². The standard InChI is InChI=1S/C22H47N/c1-5-7-9-11-13-14-15-17-19-21-22(23(3)4)20-18-16-12-10-8-6-2/h22H,5-21H2,1-4H3/p+1. The highest BCUT2D eigenvalue weighted by Crippen LogP contribution is 2.13. The van der Waals surface area contributed by atoms with Gasteiger partial charge in [0, 0.05) is 0 Å². The molecule has 0 heterocycles. The van der Waals surface area contributed by atoms with E-state index in [9.17, 15) is 0 Å². The molecule has 0 bridgehead atoms. The Hall–Kier alpha value is -0.0400. The summed E-state index contributed by atoms with van der Waals surface area (Å²) in [7, 11) is 4.71. The molecule has 1 unspecified atom stereocenters. The second-order valence-corrected chi connectivity index (χ2v) is 7.95. The fourth-order valence-electron chi connectivity index (χ4n) is 3.59. The van der Waals surface area contributed by atoms with Crippen LogP contribution in [-0.4, -0.2) is 20.1 Å². The van der Waals surface area contributed by atoms with Crippen molar-refractivity contribution >= 4 is 0 Å². The number of hydrogen-bond acceptors (Lipinski definition) is 0. The average molecular weight is 327 g/mol. The highest BCUT2D eigenvalue weighted by Gasteiger charge is 2.13. The highest BCUT2D eigenvalue weighted by atomic mass is 15.1. The SMILES string of the molecule is CCCCCCCCCCCC(CCCCCCCC)[NH+](C)C. The summed E-state index contributed by atoms with van der Waals surface area (Å²) in [6, 6.07) is 0.908. The van der Waals surface area contributed by atoms with Crippen molar-refractivity contribution in [2.24, 2.45) is 0 Å². The van der Waals surface area contributed by atoms with Crippen molar-refractivity contribution in [3.05, 3.63) is 0 Å². The Morgan fingerprint density at radius 1 is 0.478 bits per heavy atom. The molecule has 0 aliphatic rings. The molecule has 0 amide bonds. The summed E-state index contributed by atoms with van der Waals surface area (Å²) >= 11 is 0. The molecule has 0 saturated heterocycles. The lowest BCUT2D eigenvalue weighted by atomic mass is 9.99. The first-order valence-electron chi connectivity index (χ1n) is 11.0. The zero-order valence-electron chi connectivity index (χ0n) is 17.1. The van der Waals surface area contributed by atoms with E-state index in [1.165, 1.54) is 109 Å². The highest BCUT2D eigenvalue weighted by molar-refractivity contribution is 4.58. The zero-order valence-corrected chi connectivity index (χ0v) is 17.1. The Morgan fingerprint density at radius 2 is 0.783 bits per heavy atom. The van der Waals surface area contributed by atoms with Crippen LogP contribution in [0, 0.1) is 0 Å². The van der Waals surface area contributed by atoms with Crippen LogP contribution in [0.4, 0.5) is 0 Å². The number of quaternary nitrogens is 1. The number of rotatable bonds is 18. The first-order chi connectivity index (χ1) is 11.2. The van der Waals surface area contributed by atoms with Crippen LogP contribution in [0.15, 0.2) is 0 Å². The molecular formula is C22H48N+. The van der Waals surface area contributed by atoms with Crippen molar-refractivity contribution in [3.8, 4) is 0 Å². The summed E-state index contributed by atoms with van der Waals surface area (Å²) in [5, 5.41) is 0. The quantitative estimate of drug-likeness (QED) is 0.287. The van der Waals surface area contributed by atoms with E-state index < -0.39 is 0 Å². The third-order valence-corrected chi connectivity index (χ3v) is 5.38. The minimum atomic E-state index is 0.908. The van der Waals surface area contributed by atoms with Gasteiger partial charge in [-0.15, -0.1) is 0 Å². The molecule has 1 N–H and O–H groups in total. The van der Waals surface area contributed by atoms with Crippen LogP contribution in [0.3, 0.4) is 0 Å². The molecule has 1 atom stereocenters. The summed E-state index contributed by atoms with van der Waals surface area (Å²) in [4.78, 5) is 1.68. The third kappa shape index (κ3) is 16.6. The average Bonchev–Trinajstić information content (AvgIpc) is 2.54. The van der Waals surface area contributed by atoms with Crippen LogP contribution in [0.1, 0.15) is 123 Å². The fraction of sp³-hybridized carbons (Fsp3) is 1.00. The van der Waals surface area contributed by atoms with Crippen LogP contribution in [-0.2, 0) is 0 Å². The number of nitrogens with one attached hydrogen (secondary N) is 1. The molecule has 0 aromatic heterocycles. The smallest absolute Gasteiger partial charge is 0.0870 e. The summed E-state index contributed by atoms with van der Waals surface area (Å²) < 4.78 is 0. The fourth-order valence-corrected chi connectivity index (χ4v) is 3.59. The van der Waals surface area contributed by atoms with Crippen LogP contribution in [0.5, 0.6) is 0 Å². The molecule has 0 aliphatic heterocycles. The second kappa shape index (κ2) is 18.3. The molecule has 0 radical (unpaired) electrons. The monoisotopic (exact) mass is 326 g/mol. The first-order valence-corrected chi connectivity index (χ1v) is 11.0. The van der Waals surface area contributed by atoms with Gasteiger partial charge >= 0.3 is 0 Å². The van der Waals surface area contributed by atoms with E-state index in [4.69, 9.17) is 0 Å². The normalized spacial score (nSPS) is 12.9. The Labute approximate surface area is 148 Å². The van der Waals surface area contributed by atoms with Gasteiger partial charge in [0.1, 0.15) is 0 Å². The molecule has 0 saturated carbocycles. The number of unbranched alkanes of at least 4 members (excludes halogenated alkanes) is 13. The van der Waals surface area contributed by atoms with Crippen molar-refractivity contribution < 1.29 is 4.90 Å². The minimum absolute atomic E-state index is 0.908. The molecule has 0 aliphatic carbocycles. The number of hydrogen-bond donors (Lipinski definition) is 1. The van der Waals surface area contributed by atoms with Gasteiger partial charge in [-0.25, -0.2) is 0 Å². The van der Waals surface area contributed by atoms with Crippen molar-refractivity contribution in [2.75, 3.05) is 14.1 Å². The van der Waals surface area contributed by atoms with E-state index in [0.29, 0.717) is 0 Å². The van der Waals surface area contributed by atoms with E-state index in [-0.39, 0.29) is 0 Å². The Bertz CT molecular complexity index is 212. The van der Waals surface area contributed by atoms with E-state index >= 15 is 0 Å². The maximum Gasteiger partial charge on any atom is 0.0870 e. The Morgan fingerprint density at radius 3 is 1.09 bits per heavy atom. The predicted octanol–water partition coefficient (Wildman–Crippen LogP) is 6.17. The largest absolute Gasteiger partial charge is 0.337 e. The van der Waals surface area contributed by atoms with Gasteiger partial charge in [-0.3, -0.25) is 0 Å². The lowest BCUT2D eigenvalue weighted by Gasteiger charge is -2.21. The predicted molar refractivity (Wildman–Crippen MR) is 106 cm³/mol. The van der Waals surface area contributed by atoms with Crippen molar-refractivity contribution in [2.45, 2.75) is 129 Å². The van der Waals surface area contributed by atoms with Crippen LogP contribution in [0.25, 0.3) is 0 Å². The molecular weight excluding hydrogens is 278 g/mol. The van der Waals surface area contributed by atoms with Crippen LogP contribution < -0.4 is 4.90 Å². The molecule has 140 valence electrons. The van der Waals surface area contributed by atoms with Gasteiger partial charge in [0.05, 0.1) is 20.1 Å². The van der Waals surface area contributed by atoms with E-state index in [1.54, 1.807) is 4.90 Å². The van der Waals surface area contributed by atoms with Gasteiger partial charge in [-0.05, 0) is 25.7 Å². The third-order valence-electron chi connectivity index (χ3n) is 5.38. The van der Waals surface area contributed by atoms with Gasteiger partial charge in [-0.1, -0.05) is 97.3 Å². The lowest BCUT2D eigenvalue weighted by molar-refractivity contribution is -0.886. The van der Waals surface area contributed by atoms with Gasteiger partial charge in [0.2, 0.25) is 0 Å². The van der Waals surface area contributed by atoms with E-state index in [1.807, 2.05) is 0 Å². The van der Waals surface area contributed by atoms with Crippen molar-refractivity contribution in [1.29, 1.82) is 0 Å². The summed E-state index contributed by atoms with van der Waals surface area (Å²) in [5.74, 6) is 0. The van der Waals surface area contributed by atoms with E-state index in [2.05, 4.69) is 27.9 Å². The van der Waals surface area contributed by atoms with Gasteiger partial charge in [0.15, 0.2) is 0 Å². The maximum absolute atomic E-state index is 2.36. The van der Waals surface area contributed by atoms with Crippen molar-refractivity contribution in [3.63, 3.8) is 0 Å². The topological polar surface area (TPSA) is 4.44 Å². The Kier molecular flexibility index (Phi) is 18.3. The molecule has 1 nitrogen and oxygen atoms in total. The van der Waals surface area contributed by atoms with E-state index in [0.717, 1.165) is 6.04 Å². The summed E-state index contributed by atoms with van der Waals surface area (Å²) in [5.41, 5.74) is 0. The van der Waals surface area contributed by atoms with Gasteiger partial charge in [-0.2, -0.15) is 0 Å². The first kappa shape index (κ1) is 23.0. The maximum atomic E-state index is 2.36. The molecule has 0 spiro atoms. The minimum Gasteiger partial charge on any atom is -0.337 e. The molecule has 23 heavy (non-hydrogen) atoms. The van der Waals surface area contributed by atoms with Crippen molar-refractivity contribution in [1.82, 2.24) is 0 Å². The second-order valence-electron chi connectivity index (χ2n) is 7.95. The molecule has 0 fully saturated rings. The molecule has 1 heteroatoms. The summed E-state index contributed by atoms with van der Waals surface area (Å²) in [6.45, 7) is 4.60. The molecule has 0 aromatic rings. The zero-order chi connectivity index (χ0) is 17.2. The molecule has 0 rings (SSSR count). The Balaban J connectivity index is 3.46. The molecule has 0 aromatic carbocycles. The van der Waals surface area contributed by atoms with Crippen LogP contribution in [0.2, 0.25) is 0 Å². The summed E-state index contributed by atoms with van der Waals surface area (Å²) in [6.07, 6.45) is 24.6. The lowest BCUT2D eigenvalue weighted by Crippen LogP contribution is -3.10.